The van der Waals surface area contributed by atoms with Crippen LogP contribution in [-0.2, 0) is 13.0 Å². The molecule has 1 N–H and O–H groups in total. The number of hydrogen-bond donors (Lipinski definition) is 1. The number of benzene rings is 1. The molecule has 0 spiro atoms. The zero-order valence-electron chi connectivity index (χ0n) is 21.2. The fourth-order valence-electron chi connectivity index (χ4n) is 5.52. The number of nitrogens with one attached hydrogen (secondary N) is 1. The molecule has 0 unspecified atom stereocenters. The Labute approximate surface area is 216 Å². The maximum atomic E-state index is 12.4. The highest BCUT2D eigenvalue weighted by atomic mass is 16.6. The number of likely N-dealkylation sites (tertiary alicyclic amines) is 1. The lowest BCUT2D eigenvalue weighted by Crippen LogP contribution is -2.38. The van der Waals surface area contributed by atoms with Gasteiger partial charge in [-0.15, -0.1) is 0 Å². The average Bonchev–Trinajstić information content (AvgIpc) is 3.51. The van der Waals surface area contributed by atoms with E-state index in [1.54, 1.807) is 0 Å². The number of fused-ring (bicyclic) bond motifs is 2. The maximum absolute atomic E-state index is 12.4. The van der Waals surface area contributed by atoms with Gasteiger partial charge in [0, 0.05) is 54.2 Å². The maximum Gasteiger partial charge on any atom is 0.412 e. The lowest BCUT2D eigenvalue weighted by molar-refractivity contribution is 0.193. The van der Waals surface area contributed by atoms with Crippen LogP contribution in [0, 0.1) is 6.92 Å². The summed E-state index contributed by atoms with van der Waals surface area (Å²) in [5.74, 6) is 0.480. The van der Waals surface area contributed by atoms with E-state index in [4.69, 9.17) is 14.8 Å². The highest BCUT2D eigenvalue weighted by molar-refractivity contribution is 5.99. The lowest BCUT2D eigenvalue weighted by atomic mass is 9.96. The molecule has 6 rings (SSSR count). The van der Waals surface area contributed by atoms with Gasteiger partial charge in [-0.25, -0.2) is 4.79 Å². The third-order valence-electron chi connectivity index (χ3n) is 7.31. The third kappa shape index (κ3) is 4.93. The first kappa shape index (κ1) is 23.6. The summed E-state index contributed by atoms with van der Waals surface area (Å²) in [6, 6.07) is 13.8. The van der Waals surface area contributed by atoms with E-state index in [1.165, 1.54) is 25.0 Å². The van der Waals surface area contributed by atoms with Crippen molar-refractivity contribution in [2.45, 2.75) is 45.6 Å². The van der Waals surface area contributed by atoms with E-state index in [0.717, 1.165) is 78.1 Å². The van der Waals surface area contributed by atoms with Crippen LogP contribution in [0.3, 0.4) is 0 Å². The molecule has 2 aliphatic heterocycles. The van der Waals surface area contributed by atoms with Crippen molar-refractivity contribution in [2.75, 3.05) is 26.2 Å². The molecule has 4 aromatic rings. The van der Waals surface area contributed by atoms with E-state index in [0.29, 0.717) is 12.3 Å². The minimum absolute atomic E-state index is 0.435. The summed E-state index contributed by atoms with van der Waals surface area (Å²) in [5.41, 5.74) is 6.95. The van der Waals surface area contributed by atoms with Gasteiger partial charge in [0.15, 0.2) is 0 Å². The molecule has 3 aromatic heterocycles. The second-order valence-electron chi connectivity index (χ2n) is 9.92. The van der Waals surface area contributed by atoms with E-state index in [1.807, 2.05) is 55.6 Å². The van der Waals surface area contributed by atoms with Crippen LogP contribution < -0.4 is 10.1 Å². The fourth-order valence-corrected chi connectivity index (χ4v) is 5.52. The number of amides is 1. The quantitative estimate of drug-likeness (QED) is 0.405. The standard InChI is InChI=1S/C29H32N6O2/c1-20-7-5-8-24(32-20)28-27(26-9-6-17-35(26)33-28)23-12-13-30-25-19-21(10-11-22(23)25)37-29(36)31-14-18-34-15-3-2-4-16-34/h5,7-8,10-13,19H,2-4,6,9,14-18H2,1H3,(H,31,36). The van der Waals surface area contributed by atoms with E-state index in [-0.39, 0.29) is 0 Å². The molecule has 1 saturated heterocycles. The van der Waals surface area contributed by atoms with Crippen LogP contribution in [0.4, 0.5) is 4.79 Å². The molecule has 0 atom stereocenters. The minimum atomic E-state index is -0.435. The van der Waals surface area contributed by atoms with E-state index in [9.17, 15) is 4.79 Å². The van der Waals surface area contributed by atoms with Gasteiger partial charge in [0.25, 0.3) is 0 Å². The molecule has 0 aliphatic carbocycles. The Kier molecular flexibility index (Phi) is 6.57. The minimum Gasteiger partial charge on any atom is -0.410 e. The van der Waals surface area contributed by atoms with Crippen molar-refractivity contribution < 1.29 is 9.53 Å². The van der Waals surface area contributed by atoms with Crippen LogP contribution in [0.25, 0.3) is 33.4 Å². The fraction of sp³-hybridized carbons (Fsp3) is 0.379. The number of rotatable bonds is 6. The second-order valence-corrected chi connectivity index (χ2v) is 9.92. The largest absolute Gasteiger partial charge is 0.412 e. The van der Waals surface area contributed by atoms with Crippen molar-refractivity contribution in [3.8, 4) is 28.3 Å². The second kappa shape index (κ2) is 10.3. The van der Waals surface area contributed by atoms with Gasteiger partial charge in [-0.05, 0) is 81.6 Å². The average molecular weight is 497 g/mol. The first-order valence-electron chi connectivity index (χ1n) is 13.3. The predicted molar refractivity (Wildman–Crippen MR) is 144 cm³/mol. The first-order valence-corrected chi connectivity index (χ1v) is 13.3. The predicted octanol–water partition coefficient (Wildman–Crippen LogP) is 4.99. The summed E-state index contributed by atoms with van der Waals surface area (Å²) in [4.78, 5) is 24.2. The van der Waals surface area contributed by atoms with Crippen molar-refractivity contribution in [2.24, 2.45) is 0 Å². The van der Waals surface area contributed by atoms with E-state index < -0.39 is 6.09 Å². The number of nitrogens with zero attached hydrogens (tertiary/aromatic N) is 5. The van der Waals surface area contributed by atoms with Crippen molar-refractivity contribution in [3.63, 3.8) is 0 Å². The number of hydrogen-bond acceptors (Lipinski definition) is 6. The number of aryl methyl sites for hydroxylation is 2. The molecule has 0 saturated carbocycles. The topological polar surface area (TPSA) is 85.2 Å². The number of piperidine rings is 1. The van der Waals surface area contributed by atoms with Gasteiger partial charge >= 0.3 is 6.09 Å². The summed E-state index contributed by atoms with van der Waals surface area (Å²) in [6.45, 7) is 6.57. The summed E-state index contributed by atoms with van der Waals surface area (Å²) < 4.78 is 7.71. The zero-order valence-corrected chi connectivity index (χ0v) is 21.2. The monoisotopic (exact) mass is 496 g/mol. The first-order chi connectivity index (χ1) is 18.2. The lowest BCUT2D eigenvalue weighted by Gasteiger charge is -2.26. The van der Waals surface area contributed by atoms with Crippen LogP contribution in [0.15, 0.2) is 48.7 Å². The molecule has 1 fully saturated rings. The molecule has 37 heavy (non-hydrogen) atoms. The van der Waals surface area contributed by atoms with Gasteiger partial charge in [-0.1, -0.05) is 12.5 Å². The van der Waals surface area contributed by atoms with Crippen LogP contribution in [0.1, 0.15) is 37.1 Å². The van der Waals surface area contributed by atoms with Crippen molar-refractivity contribution in [1.29, 1.82) is 0 Å². The number of pyridine rings is 2. The molecule has 190 valence electrons. The Morgan fingerprint density at radius 3 is 2.81 bits per heavy atom. The Morgan fingerprint density at radius 1 is 1.05 bits per heavy atom. The highest BCUT2D eigenvalue weighted by Crippen LogP contribution is 2.40. The summed E-state index contributed by atoms with van der Waals surface area (Å²) in [6.07, 6.45) is 7.23. The van der Waals surface area contributed by atoms with Gasteiger partial charge in [0.2, 0.25) is 0 Å². The van der Waals surface area contributed by atoms with E-state index in [2.05, 4.69) is 19.9 Å². The number of carbonyl (C=O) groups is 1. The Balaban J connectivity index is 1.25. The van der Waals surface area contributed by atoms with Gasteiger partial charge < -0.3 is 15.0 Å². The number of ether oxygens (including phenoxy) is 1. The molecular weight excluding hydrogens is 464 g/mol. The van der Waals surface area contributed by atoms with Gasteiger partial charge in [0.1, 0.15) is 11.4 Å². The molecule has 8 nitrogen and oxygen atoms in total. The summed E-state index contributed by atoms with van der Waals surface area (Å²) >= 11 is 0. The van der Waals surface area contributed by atoms with Gasteiger partial charge in [0.05, 0.1) is 11.2 Å². The molecule has 5 heterocycles. The highest BCUT2D eigenvalue weighted by Gasteiger charge is 2.26. The smallest absolute Gasteiger partial charge is 0.410 e. The van der Waals surface area contributed by atoms with Crippen LogP contribution in [0.5, 0.6) is 5.75 Å². The summed E-state index contributed by atoms with van der Waals surface area (Å²) in [5, 5.41) is 8.83. The van der Waals surface area contributed by atoms with Crippen LogP contribution in [0.2, 0.25) is 0 Å². The van der Waals surface area contributed by atoms with Gasteiger partial charge in [-0.3, -0.25) is 14.6 Å². The van der Waals surface area contributed by atoms with Crippen molar-refractivity contribution in [3.05, 3.63) is 60.0 Å². The molecule has 1 aromatic carbocycles. The number of aromatic nitrogens is 4. The van der Waals surface area contributed by atoms with Crippen LogP contribution >= 0.6 is 0 Å². The van der Waals surface area contributed by atoms with Crippen molar-refractivity contribution >= 4 is 17.0 Å². The van der Waals surface area contributed by atoms with Crippen molar-refractivity contribution in [1.82, 2.24) is 30.0 Å². The third-order valence-corrected chi connectivity index (χ3v) is 7.31. The zero-order chi connectivity index (χ0) is 25.2. The number of carbonyl (C=O) groups excluding carboxylic acids is 1. The molecule has 8 heteroatoms. The Hall–Kier alpha value is -3.78. The van der Waals surface area contributed by atoms with Crippen LogP contribution in [-0.4, -0.2) is 56.9 Å². The normalized spacial score (nSPS) is 15.6. The summed E-state index contributed by atoms with van der Waals surface area (Å²) in [7, 11) is 0. The molecule has 0 bridgehead atoms. The van der Waals surface area contributed by atoms with E-state index >= 15 is 0 Å². The Morgan fingerprint density at radius 2 is 1.95 bits per heavy atom. The molecular formula is C29H32N6O2. The van der Waals surface area contributed by atoms with Gasteiger partial charge in [-0.2, -0.15) is 5.10 Å². The Bertz CT molecular complexity index is 1440. The SMILES string of the molecule is Cc1cccc(-c2nn3c(c2-c2ccnc4cc(OC(=O)NCCN5CCCCC5)ccc24)CCC3)n1. The molecule has 1 amide bonds. The molecule has 2 aliphatic rings. The molecule has 0 radical (unpaired) electrons.